The van der Waals surface area contributed by atoms with Gasteiger partial charge in [0.25, 0.3) is 0 Å². The highest BCUT2D eigenvalue weighted by Crippen LogP contribution is 2.29. The summed E-state index contributed by atoms with van der Waals surface area (Å²) in [7, 11) is 0. The molecule has 5 N–H and O–H groups in total. The Labute approximate surface area is 248 Å². The number of phenolic OH excluding ortho intramolecular Hbond substituents is 1. The summed E-state index contributed by atoms with van der Waals surface area (Å²) < 4.78 is 0. The van der Waals surface area contributed by atoms with E-state index in [9.17, 15) is 14.7 Å². The maximum atomic E-state index is 12.1. The average molecular weight is 617 g/mol. The van der Waals surface area contributed by atoms with E-state index >= 15 is 0 Å². The van der Waals surface area contributed by atoms with Crippen molar-refractivity contribution >= 4 is 27.9 Å². The first-order valence-electron chi connectivity index (χ1n) is 14.2. The maximum absolute atomic E-state index is 12.1. The number of hydrogen-bond acceptors (Lipinski definition) is 5. The van der Waals surface area contributed by atoms with Crippen LogP contribution in [0, 0.1) is 24.7 Å². The SMILES string of the molecule is C#C.C/C=C1/CCCc2cc(O)ccc2CC1CN/C=C/Br.NC(=O)N1CCC(CC(=O)N2CCNCC2)CC1. The van der Waals surface area contributed by atoms with E-state index in [-0.39, 0.29) is 11.9 Å². The first kappa shape index (κ1) is 33.2. The number of aryl methyl sites for hydroxylation is 1. The predicted molar refractivity (Wildman–Crippen MR) is 166 cm³/mol. The van der Waals surface area contributed by atoms with Crippen LogP contribution in [0.1, 0.15) is 50.2 Å². The number of carbonyl (C=O) groups excluding carboxylic acids is 2. The molecule has 0 aromatic heterocycles. The molecule has 40 heavy (non-hydrogen) atoms. The van der Waals surface area contributed by atoms with Crippen molar-refractivity contribution in [2.24, 2.45) is 17.6 Å². The third-order valence-corrected chi connectivity index (χ3v) is 8.13. The van der Waals surface area contributed by atoms with Crippen molar-refractivity contribution in [3.05, 3.63) is 52.2 Å². The lowest BCUT2D eigenvalue weighted by molar-refractivity contribution is -0.133. The Morgan fingerprint density at radius 3 is 2.45 bits per heavy atom. The van der Waals surface area contributed by atoms with Crippen molar-refractivity contribution in [1.82, 2.24) is 20.4 Å². The van der Waals surface area contributed by atoms with E-state index in [0.29, 0.717) is 37.1 Å². The summed E-state index contributed by atoms with van der Waals surface area (Å²) in [5.74, 6) is 1.57. The van der Waals surface area contributed by atoms with Gasteiger partial charge in [-0.25, -0.2) is 4.79 Å². The molecule has 8 nitrogen and oxygen atoms in total. The number of amides is 3. The van der Waals surface area contributed by atoms with E-state index < -0.39 is 0 Å². The Bertz CT molecular complexity index is 1010. The minimum Gasteiger partial charge on any atom is -0.508 e. The number of primary amides is 1. The fourth-order valence-electron chi connectivity index (χ4n) is 5.61. The van der Waals surface area contributed by atoms with Gasteiger partial charge in [-0.15, -0.1) is 12.8 Å². The summed E-state index contributed by atoms with van der Waals surface area (Å²) >= 11 is 3.28. The Kier molecular flexibility index (Phi) is 15.3. The first-order chi connectivity index (χ1) is 19.4. The number of urea groups is 1. The van der Waals surface area contributed by atoms with Crippen LogP contribution in [-0.2, 0) is 17.6 Å². The monoisotopic (exact) mass is 615 g/mol. The van der Waals surface area contributed by atoms with Gasteiger partial charge in [0, 0.05) is 64.4 Å². The number of allylic oxidation sites excluding steroid dienone is 1. The molecular formula is C31H46BrN5O3. The standard InChI is InChI=1S/C17H22BrNO.C12H22N4O2.C2H2/c1-2-13-4-3-5-14-11-17(20)7-6-15(14)10-16(13)12-19-9-8-18;13-12(18)16-5-1-10(2-6-16)9-11(17)15-7-3-14-4-8-15;1-2/h2,6-9,11,16,19-20H,3-5,10,12H2,1H3;10,14H,1-9H2,(H2,13,18);1-2H/b9-8+,13-2-;;. The van der Waals surface area contributed by atoms with Crippen molar-refractivity contribution in [3.8, 4) is 18.6 Å². The Morgan fingerprint density at radius 2 is 1.82 bits per heavy atom. The van der Waals surface area contributed by atoms with Gasteiger partial charge in [0.05, 0.1) is 0 Å². The van der Waals surface area contributed by atoms with E-state index in [0.717, 1.165) is 71.2 Å². The van der Waals surface area contributed by atoms with Crippen LogP contribution in [-0.4, -0.2) is 72.7 Å². The summed E-state index contributed by atoms with van der Waals surface area (Å²) in [6, 6.07) is 5.47. The number of aromatic hydroxyl groups is 1. The van der Waals surface area contributed by atoms with Crippen LogP contribution < -0.4 is 16.4 Å². The molecule has 0 bridgehead atoms. The van der Waals surface area contributed by atoms with Crippen molar-refractivity contribution in [2.45, 2.75) is 51.9 Å². The smallest absolute Gasteiger partial charge is 0.314 e. The molecule has 1 atom stereocenters. The summed E-state index contributed by atoms with van der Waals surface area (Å²) in [6.07, 6.45) is 19.0. The second-order valence-corrected chi connectivity index (χ2v) is 10.9. The third kappa shape index (κ3) is 10.9. The van der Waals surface area contributed by atoms with Gasteiger partial charge in [-0.2, -0.15) is 0 Å². The number of halogens is 1. The van der Waals surface area contributed by atoms with Gasteiger partial charge in [0.1, 0.15) is 5.75 Å². The fourth-order valence-corrected chi connectivity index (χ4v) is 5.80. The Morgan fingerprint density at radius 1 is 1.12 bits per heavy atom. The molecule has 3 amide bonds. The summed E-state index contributed by atoms with van der Waals surface area (Å²) in [5, 5.41) is 16.2. The molecule has 1 unspecified atom stereocenters. The molecule has 1 aromatic rings. The van der Waals surface area contributed by atoms with Crippen LogP contribution in [0.3, 0.4) is 0 Å². The number of piperazine rings is 1. The Balaban J connectivity index is 0.000000265. The second-order valence-electron chi connectivity index (χ2n) is 10.4. The molecule has 2 heterocycles. The molecule has 4 rings (SSSR count). The molecule has 9 heteroatoms. The van der Waals surface area contributed by atoms with Crippen LogP contribution >= 0.6 is 15.9 Å². The number of carbonyl (C=O) groups is 2. The maximum Gasteiger partial charge on any atom is 0.314 e. The number of nitrogens with two attached hydrogens (primary N) is 1. The minimum atomic E-state index is -0.345. The zero-order valence-electron chi connectivity index (χ0n) is 23.8. The van der Waals surface area contributed by atoms with Crippen LogP contribution in [0.5, 0.6) is 5.75 Å². The van der Waals surface area contributed by atoms with E-state index in [1.807, 2.05) is 22.2 Å². The van der Waals surface area contributed by atoms with Crippen molar-refractivity contribution in [1.29, 1.82) is 0 Å². The first-order valence-corrected chi connectivity index (χ1v) is 15.1. The zero-order valence-corrected chi connectivity index (χ0v) is 25.4. The van der Waals surface area contributed by atoms with E-state index in [1.165, 1.54) is 11.1 Å². The molecule has 0 radical (unpaired) electrons. The van der Waals surface area contributed by atoms with Gasteiger partial charge < -0.3 is 31.3 Å². The number of phenols is 1. The number of hydrogen-bond donors (Lipinski definition) is 4. The number of nitrogens with one attached hydrogen (secondary N) is 2. The molecule has 2 aliphatic heterocycles. The van der Waals surface area contributed by atoms with Crippen LogP contribution in [0.4, 0.5) is 4.79 Å². The number of likely N-dealkylation sites (tertiary alicyclic amines) is 1. The highest BCUT2D eigenvalue weighted by molar-refractivity contribution is 9.11. The minimum absolute atomic E-state index is 0.258. The van der Waals surface area contributed by atoms with Crippen molar-refractivity contribution in [3.63, 3.8) is 0 Å². The van der Waals surface area contributed by atoms with Crippen LogP contribution in [0.2, 0.25) is 0 Å². The molecular weight excluding hydrogens is 570 g/mol. The second kappa shape index (κ2) is 18.4. The van der Waals surface area contributed by atoms with Crippen molar-refractivity contribution < 1.29 is 14.7 Å². The molecule has 220 valence electrons. The summed E-state index contributed by atoms with van der Waals surface area (Å²) in [4.78, 5) is 28.5. The lowest BCUT2D eigenvalue weighted by atomic mass is 9.83. The normalized spacial score (nSPS) is 20.7. The van der Waals surface area contributed by atoms with Gasteiger partial charge in [0.2, 0.25) is 5.91 Å². The number of rotatable bonds is 5. The number of terminal acetylenes is 1. The molecule has 2 fully saturated rings. The summed E-state index contributed by atoms with van der Waals surface area (Å²) in [6.45, 7) is 7.89. The average Bonchev–Trinajstić information content (AvgIpc) is 2.97. The largest absolute Gasteiger partial charge is 0.508 e. The third-order valence-electron chi connectivity index (χ3n) is 7.87. The van der Waals surface area contributed by atoms with Gasteiger partial charge in [-0.1, -0.05) is 33.6 Å². The van der Waals surface area contributed by atoms with Crippen LogP contribution in [0.25, 0.3) is 0 Å². The van der Waals surface area contributed by atoms with E-state index in [4.69, 9.17) is 5.73 Å². The highest BCUT2D eigenvalue weighted by Gasteiger charge is 2.25. The van der Waals surface area contributed by atoms with Gasteiger partial charge in [-0.05, 0) is 79.6 Å². The van der Waals surface area contributed by atoms with E-state index in [2.05, 4.69) is 58.5 Å². The highest BCUT2D eigenvalue weighted by atomic mass is 79.9. The van der Waals surface area contributed by atoms with Crippen molar-refractivity contribution in [2.75, 3.05) is 45.8 Å². The quantitative estimate of drug-likeness (QED) is 0.294. The Hall–Kier alpha value is -2.96. The molecule has 2 saturated heterocycles. The number of piperidine rings is 1. The lowest BCUT2D eigenvalue weighted by Gasteiger charge is -2.33. The fraction of sp³-hybridized carbons (Fsp3) is 0.548. The lowest BCUT2D eigenvalue weighted by Crippen LogP contribution is -2.47. The molecule has 1 aliphatic carbocycles. The van der Waals surface area contributed by atoms with Gasteiger partial charge >= 0.3 is 6.03 Å². The molecule has 3 aliphatic rings. The topological polar surface area (TPSA) is 111 Å². The zero-order chi connectivity index (χ0) is 29.3. The van der Waals surface area contributed by atoms with Gasteiger partial charge in [0.15, 0.2) is 0 Å². The number of nitrogens with zero attached hydrogens (tertiary/aromatic N) is 2. The van der Waals surface area contributed by atoms with Crippen LogP contribution in [0.15, 0.2) is 41.0 Å². The molecule has 0 saturated carbocycles. The molecule has 1 aromatic carbocycles. The number of fused-ring (bicyclic) bond motifs is 1. The number of benzene rings is 1. The summed E-state index contributed by atoms with van der Waals surface area (Å²) in [5.41, 5.74) is 9.45. The van der Waals surface area contributed by atoms with E-state index in [1.54, 1.807) is 16.5 Å². The molecule has 0 spiro atoms. The predicted octanol–water partition coefficient (Wildman–Crippen LogP) is 4.14. The van der Waals surface area contributed by atoms with Gasteiger partial charge in [-0.3, -0.25) is 4.79 Å².